The predicted octanol–water partition coefficient (Wildman–Crippen LogP) is 4.01. The lowest BCUT2D eigenvalue weighted by molar-refractivity contribution is 0.333. The molecular formula is C14H17Cl2N3O. The first-order valence-electron chi connectivity index (χ1n) is 6.47. The minimum absolute atomic E-state index is 0.225. The highest BCUT2D eigenvalue weighted by Crippen LogP contribution is 2.23. The van der Waals surface area contributed by atoms with Crippen LogP contribution in [-0.4, -0.2) is 10.1 Å². The largest absolute Gasteiger partial charge is 0.338 e. The standard InChI is InChI=1S/C14H17Cl2N3O/c1-8(2)5-12(17)14-18-13(19-20-14)6-9-3-4-10(15)7-11(9)16/h3-4,7-8,12H,5-6,17H2,1-2H3/t12-/m1/s1. The minimum Gasteiger partial charge on any atom is -0.338 e. The van der Waals surface area contributed by atoms with Crippen molar-refractivity contribution in [2.45, 2.75) is 32.7 Å². The van der Waals surface area contributed by atoms with Crippen molar-refractivity contribution in [2.24, 2.45) is 11.7 Å². The van der Waals surface area contributed by atoms with Crippen molar-refractivity contribution in [1.29, 1.82) is 0 Å². The van der Waals surface area contributed by atoms with Crippen molar-refractivity contribution in [3.05, 3.63) is 45.5 Å². The van der Waals surface area contributed by atoms with Crippen LogP contribution < -0.4 is 5.73 Å². The average Bonchev–Trinajstić information content (AvgIpc) is 2.80. The second kappa shape index (κ2) is 6.57. The SMILES string of the molecule is CC(C)C[C@@H](N)c1nc(Cc2ccc(Cl)cc2Cl)no1. The topological polar surface area (TPSA) is 64.9 Å². The molecule has 20 heavy (non-hydrogen) atoms. The Kier molecular flexibility index (Phi) is 5.02. The molecule has 108 valence electrons. The molecule has 6 heteroatoms. The lowest BCUT2D eigenvalue weighted by atomic mass is 10.0. The number of hydrogen-bond acceptors (Lipinski definition) is 4. The summed E-state index contributed by atoms with van der Waals surface area (Å²) in [4.78, 5) is 4.33. The molecule has 4 nitrogen and oxygen atoms in total. The van der Waals surface area contributed by atoms with Gasteiger partial charge in [-0.25, -0.2) is 0 Å². The second-order valence-electron chi connectivity index (χ2n) is 5.20. The first kappa shape index (κ1) is 15.3. The first-order valence-corrected chi connectivity index (χ1v) is 7.23. The van der Waals surface area contributed by atoms with Gasteiger partial charge in [-0.15, -0.1) is 0 Å². The minimum atomic E-state index is -0.225. The predicted molar refractivity (Wildman–Crippen MR) is 79.9 cm³/mol. The molecule has 0 bridgehead atoms. The van der Waals surface area contributed by atoms with Crippen LogP contribution in [0.3, 0.4) is 0 Å². The van der Waals surface area contributed by atoms with Crippen LogP contribution in [0, 0.1) is 5.92 Å². The molecule has 0 aliphatic rings. The van der Waals surface area contributed by atoms with Crippen molar-refractivity contribution < 1.29 is 4.52 Å². The van der Waals surface area contributed by atoms with Crippen LogP contribution in [0.5, 0.6) is 0 Å². The van der Waals surface area contributed by atoms with E-state index >= 15 is 0 Å². The normalized spacial score (nSPS) is 12.9. The van der Waals surface area contributed by atoms with E-state index in [4.69, 9.17) is 33.5 Å². The molecule has 0 amide bonds. The Morgan fingerprint density at radius 1 is 1.30 bits per heavy atom. The molecule has 2 aromatic rings. The van der Waals surface area contributed by atoms with Gasteiger partial charge in [0.2, 0.25) is 5.89 Å². The maximum Gasteiger partial charge on any atom is 0.243 e. The van der Waals surface area contributed by atoms with E-state index in [-0.39, 0.29) is 6.04 Å². The van der Waals surface area contributed by atoms with E-state index in [0.717, 1.165) is 12.0 Å². The zero-order chi connectivity index (χ0) is 14.7. The molecule has 0 radical (unpaired) electrons. The molecular weight excluding hydrogens is 297 g/mol. The number of halogens is 2. The molecule has 0 aliphatic heterocycles. The van der Waals surface area contributed by atoms with E-state index in [9.17, 15) is 0 Å². The lowest BCUT2D eigenvalue weighted by Crippen LogP contribution is -2.13. The molecule has 1 heterocycles. The summed E-state index contributed by atoms with van der Waals surface area (Å²) in [6.45, 7) is 4.20. The molecule has 2 N–H and O–H groups in total. The van der Waals surface area contributed by atoms with Gasteiger partial charge in [0.1, 0.15) is 0 Å². The van der Waals surface area contributed by atoms with Crippen LogP contribution in [0.15, 0.2) is 22.7 Å². The summed E-state index contributed by atoms with van der Waals surface area (Å²) < 4.78 is 5.21. The zero-order valence-corrected chi connectivity index (χ0v) is 12.9. The van der Waals surface area contributed by atoms with Crippen molar-refractivity contribution in [3.63, 3.8) is 0 Å². The highest BCUT2D eigenvalue weighted by Gasteiger charge is 2.16. The maximum atomic E-state index is 6.12. The summed E-state index contributed by atoms with van der Waals surface area (Å²) in [6, 6.07) is 5.12. The van der Waals surface area contributed by atoms with Crippen molar-refractivity contribution in [3.8, 4) is 0 Å². The number of rotatable bonds is 5. The second-order valence-corrected chi connectivity index (χ2v) is 6.04. The van der Waals surface area contributed by atoms with Crippen molar-refractivity contribution in [1.82, 2.24) is 10.1 Å². The Balaban J connectivity index is 2.09. The van der Waals surface area contributed by atoms with E-state index in [1.165, 1.54) is 0 Å². The number of nitrogens with two attached hydrogens (primary N) is 1. The van der Waals surface area contributed by atoms with Gasteiger partial charge in [0.25, 0.3) is 0 Å². The van der Waals surface area contributed by atoms with Gasteiger partial charge >= 0.3 is 0 Å². The molecule has 0 fully saturated rings. The molecule has 0 aliphatic carbocycles. The van der Waals surface area contributed by atoms with E-state index in [2.05, 4.69) is 24.0 Å². The van der Waals surface area contributed by atoms with Crippen LogP contribution in [-0.2, 0) is 6.42 Å². The molecule has 0 saturated heterocycles. The summed E-state index contributed by atoms with van der Waals surface area (Å²) in [5.41, 5.74) is 6.92. The maximum absolute atomic E-state index is 6.12. The van der Waals surface area contributed by atoms with Crippen LogP contribution >= 0.6 is 23.2 Å². The Bertz CT molecular complexity index is 584. The Morgan fingerprint density at radius 2 is 2.05 bits per heavy atom. The van der Waals surface area contributed by atoms with Crippen LogP contribution in [0.25, 0.3) is 0 Å². The van der Waals surface area contributed by atoms with Gasteiger partial charge in [-0.05, 0) is 30.0 Å². The Morgan fingerprint density at radius 3 is 2.70 bits per heavy atom. The van der Waals surface area contributed by atoms with Gasteiger partial charge in [0.15, 0.2) is 5.82 Å². The number of aromatic nitrogens is 2. The summed E-state index contributed by atoms with van der Waals surface area (Å²) in [5, 5.41) is 5.14. The van der Waals surface area contributed by atoms with E-state index < -0.39 is 0 Å². The first-order chi connectivity index (χ1) is 9.45. The van der Waals surface area contributed by atoms with Gasteiger partial charge in [-0.2, -0.15) is 4.98 Å². The Labute approximate surface area is 128 Å². The van der Waals surface area contributed by atoms with E-state index in [1.54, 1.807) is 12.1 Å². The third kappa shape index (κ3) is 3.95. The molecule has 0 spiro atoms. The quantitative estimate of drug-likeness (QED) is 0.905. The lowest BCUT2D eigenvalue weighted by Gasteiger charge is -2.08. The third-order valence-corrected chi connectivity index (χ3v) is 3.48. The van der Waals surface area contributed by atoms with Gasteiger partial charge in [0, 0.05) is 16.5 Å². The number of benzene rings is 1. The average molecular weight is 314 g/mol. The summed E-state index contributed by atoms with van der Waals surface area (Å²) >= 11 is 12.0. The van der Waals surface area contributed by atoms with Gasteiger partial charge < -0.3 is 10.3 Å². The molecule has 1 aromatic carbocycles. The molecule has 2 rings (SSSR count). The highest BCUT2D eigenvalue weighted by atomic mass is 35.5. The van der Waals surface area contributed by atoms with E-state index in [0.29, 0.717) is 34.1 Å². The van der Waals surface area contributed by atoms with Crippen LogP contribution in [0.2, 0.25) is 10.0 Å². The van der Waals surface area contributed by atoms with Crippen LogP contribution in [0.1, 0.15) is 43.6 Å². The Hall–Kier alpha value is -1.10. The van der Waals surface area contributed by atoms with Gasteiger partial charge in [-0.1, -0.05) is 48.3 Å². The molecule has 1 atom stereocenters. The van der Waals surface area contributed by atoms with Crippen molar-refractivity contribution >= 4 is 23.2 Å². The summed E-state index contributed by atoms with van der Waals surface area (Å²) in [7, 11) is 0. The smallest absolute Gasteiger partial charge is 0.243 e. The number of nitrogens with zero attached hydrogens (tertiary/aromatic N) is 2. The number of hydrogen-bond donors (Lipinski definition) is 1. The van der Waals surface area contributed by atoms with Crippen molar-refractivity contribution in [2.75, 3.05) is 0 Å². The summed E-state index contributed by atoms with van der Waals surface area (Å²) in [5.74, 6) is 1.52. The molecule has 1 aromatic heterocycles. The van der Waals surface area contributed by atoms with E-state index in [1.807, 2.05) is 6.07 Å². The fraction of sp³-hybridized carbons (Fsp3) is 0.429. The highest BCUT2D eigenvalue weighted by molar-refractivity contribution is 6.35. The van der Waals surface area contributed by atoms with Crippen LogP contribution in [0.4, 0.5) is 0 Å². The fourth-order valence-electron chi connectivity index (χ4n) is 1.93. The monoisotopic (exact) mass is 313 g/mol. The van der Waals surface area contributed by atoms with Gasteiger partial charge in [0.05, 0.1) is 6.04 Å². The zero-order valence-electron chi connectivity index (χ0n) is 11.4. The third-order valence-electron chi connectivity index (χ3n) is 2.89. The molecule has 0 unspecified atom stereocenters. The fourth-order valence-corrected chi connectivity index (χ4v) is 2.41. The molecule has 0 saturated carbocycles. The van der Waals surface area contributed by atoms with Gasteiger partial charge in [-0.3, -0.25) is 0 Å². The summed E-state index contributed by atoms with van der Waals surface area (Å²) in [6.07, 6.45) is 1.30.